The summed E-state index contributed by atoms with van der Waals surface area (Å²) in [6.07, 6.45) is 11.0. The second-order valence-corrected chi connectivity index (χ2v) is 9.02. The van der Waals surface area contributed by atoms with Gasteiger partial charge in [-0.25, -0.2) is 4.79 Å². The molecule has 30 heavy (non-hydrogen) atoms. The predicted octanol–water partition coefficient (Wildman–Crippen LogP) is 3.65. The smallest absolute Gasteiger partial charge is 0.409 e. The van der Waals surface area contributed by atoms with Crippen LogP contribution in [0.4, 0.5) is 4.79 Å². The molecule has 7 heteroatoms. The Kier molecular flexibility index (Phi) is 6.85. The van der Waals surface area contributed by atoms with Crippen LogP contribution in [0.25, 0.3) is 0 Å². The van der Waals surface area contributed by atoms with Crippen molar-refractivity contribution in [2.24, 2.45) is 10.4 Å². The van der Waals surface area contributed by atoms with Crippen molar-refractivity contribution in [3.8, 4) is 0 Å². The Hall–Kier alpha value is -2.18. The lowest BCUT2D eigenvalue weighted by Crippen LogP contribution is -2.51. The maximum absolute atomic E-state index is 12.0. The molecule has 0 unspecified atom stereocenters. The van der Waals surface area contributed by atoms with E-state index in [1.807, 2.05) is 24.0 Å². The lowest BCUT2D eigenvalue weighted by molar-refractivity contribution is 0.0961. The molecule has 1 amide bonds. The van der Waals surface area contributed by atoms with Gasteiger partial charge in [0.1, 0.15) is 5.76 Å². The molecule has 1 spiro atoms. The first-order valence-electron chi connectivity index (χ1n) is 11.7. The number of amides is 1. The second kappa shape index (κ2) is 9.75. The molecule has 1 aromatic rings. The van der Waals surface area contributed by atoms with Gasteiger partial charge < -0.3 is 24.3 Å². The van der Waals surface area contributed by atoms with Crippen molar-refractivity contribution in [1.82, 2.24) is 15.1 Å². The first kappa shape index (κ1) is 21.1. The number of furan rings is 1. The first-order chi connectivity index (χ1) is 14.7. The van der Waals surface area contributed by atoms with Gasteiger partial charge in [0.2, 0.25) is 0 Å². The van der Waals surface area contributed by atoms with Gasteiger partial charge in [0.05, 0.1) is 12.9 Å². The molecule has 3 heterocycles. The first-order valence-corrected chi connectivity index (χ1v) is 11.7. The molecular weight excluding hydrogens is 380 g/mol. The lowest BCUT2D eigenvalue weighted by Gasteiger charge is -2.34. The summed E-state index contributed by atoms with van der Waals surface area (Å²) in [6.45, 7) is 6.70. The van der Waals surface area contributed by atoms with Crippen molar-refractivity contribution in [1.29, 1.82) is 0 Å². The van der Waals surface area contributed by atoms with Gasteiger partial charge in [0, 0.05) is 45.2 Å². The summed E-state index contributed by atoms with van der Waals surface area (Å²) >= 11 is 0. The Morgan fingerprint density at radius 2 is 2.03 bits per heavy atom. The molecule has 2 saturated heterocycles. The summed E-state index contributed by atoms with van der Waals surface area (Å²) in [4.78, 5) is 21.3. The van der Waals surface area contributed by atoms with Crippen LogP contribution in [0.15, 0.2) is 27.8 Å². The number of hydrogen-bond acceptors (Lipinski definition) is 4. The van der Waals surface area contributed by atoms with Gasteiger partial charge in [0.15, 0.2) is 5.96 Å². The Morgan fingerprint density at radius 1 is 1.23 bits per heavy atom. The van der Waals surface area contributed by atoms with Crippen molar-refractivity contribution >= 4 is 12.1 Å². The van der Waals surface area contributed by atoms with E-state index < -0.39 is 0 Å². The van der Waals surface area contributed by atoms with Crippen LogP contribution >= 0.6 is 0 Å². The van der Waals surface area contributed by atoms with Gasteiger partial charge >= 0.3 is 6.09 Å². The van der Waals surface area contributed by atoms with Crippen LogP contribution in [0.5, 0.6) is 0 Å². The molecule has 166 valence electrons. The van der Waals surface area contributed by atoms with E-state index in [9.17, 15) is 4.79 Å². The molecule has 3 aliphatic rings. The fourth-order valence-corrected chi connectivity index (χ4v) is 5.22. The zero-order valence-corrected chi connectivity index (χ0v) is 18.3. The number of ether oxygens (including phenoxy) is 1. The monoisotopic (exact) mass is 416 g/mol. The number of carbonyl (C=O) groups is 1. The molecule has 0 aromatic carbocycles. The van der Waals surface area contributed by atoms with Crippen LogP contribution < -0.4 is 5.32 Å². The van der Waals surface area contributed by atoms with Crippen molar-refractivity contribution in [3.63, 3.8) is 0 Å². The maximum atomic E-state index is 12.0. The minimum absolute atomic E-state index is 0.189. The van der Waals surface area contributed by atoms with Crippen LogP contribution in [0.3, 0.4) is 0 Å². The van der Waals surface area contributed by atoms with E-state index in [2.05, 4.69) is 10.2 Å². The SMILES string of the molecule is CCOC(=O)N1CCC(NC(=NCCc2ccco2)N2CCC3(CCCC3)C2)CC1. The van der Waals surface area contributed by atoms with E-state index in [4.69, 9.17) is 14.1 Å². The number of piperidine rings is 1. The second-order valence-electron chi connectivity index (χ2n) is 9.02. The highest BCUT2D eigenvalue weighted by Gasteiger charge is 2.41. The highest BCUT2D eigenvalue weighted by atomic mass is 16.6. The molecule has 0 bridgehead atoms. The molecule has 1 aromatic heterocycles. The van der Waals surface area contributed by atoms with Crippen LogP contribution in [-0.2, 0) is 11.2 Å². The van der Waals surface area contributed by atoms with Crippen LogP contribution in [0, 0.1) is 5.41 Å². The molecule has 1 saturated carbocycles. The summed E-state index contributed by atoms with van der Waals surface area (Å²) in [7, 11) is 0. The predicted molar refractivity (Wildman–Crippen MR) is 117 cm³/mol. The van der Waals surface area contributed by atoms with Crippen molar-refractivity contribution in [2.75, 3.05) is 39.3 Å². The van der Waals surface area contributed by atoms with Gasteiger partial charge in [-0.15, -0.1) is 0 Å². The molecule has 4 rings (SSSR count). The summed E-state index contributed by atoms with van der Waals surface area (Å²) in [5, 5.41) is 3.74. The summed E-state index contributed by atoms with van der Waals surface area (Å²) in [5.41, 5.74) is 0.511. The van der Waals surface area contributed by atoms with E-state index in [-0.39, 0.29) is 6.09 Å². The standard InChI is InChI=1S/C23H36N4O3/c1-2-29-22(28)26-14-8-19(9-15-26)25-21(24-13-7-20-6-5-17-30-20)27-16-12-23(18-27)10-3-4-11-23/h5-6,17,19H,2-4,7-16,18H2,1H3,(H,24,25). The number of aliphatic imine (C=N–C) groups is 1. The summed E-state index contributed by atoms with van der Waals surface area (Å²) in [5.74, 6) is 2.02. The third kappa shape index (κ3) is 5.10. The van der Waals surface area contributed by atoms with Gasteiger partial charge in [-0.1, -0.05) is 12.8 Å². The summed E-state index contributed by atoms with van der Waals surface area (Å²) < 4.78 is 10.6. The third-order valence-electron chi connectivity index (χ3n) is 6.96. The highest BCUT2D eigenvalue weighted by Crippen LogP contribution is 2.45. The van der Waals surface area contributed by atoms with Gasteiger partial charge in [-0.05, 0) is 56.6 Å². The van der Waals surface area contributed by atoms with E-state index in [0.29, 0.717) is 18.1 Å². The zero-order valence-electron chi connectivity index (χ0n) is 18.3. The largest absolute Gasteiger partial charge is 0.469 e. The number of nitrogens with zero attached hydrogens (tertiary/aromatic N) is 3. The third-order valence-corrected chi connectivity index (χ3v) is 6.96. The van der Waals surface area contributed by atoms with Gasteiger partial charge in [0.25, 0.3) is 0 Å². The molecule has 0 atom stereocenters. The highest BCUT2D eigenvalue weighted by molar-refractivity contribution is 5.80. The van der Waals surface area contributed by atoms with Crippen molar-refractivity contribution in [3.05, 3.63) is 24.2 Å². The topological polar surface area (TPSA) is 70.3 Å². The van der Waals surface area contributed by atoms with E-state index in [1.165, 1.54) is 32.1 Å². The van der Waals surface area contributed by atoms with Crippen LogP contribution in [0.1, 0.15) is 57.6 Å². The molecular formula is C23H36N4O3. The van der Waals surface area contributed by atoms with Gasteiger partial charge in [-0.3, -0.25) is 4.99 Å². The summed E-state index contributed by atoms with van der Waals surface area (Å²) in [6, 6.07) is 4.29. The molecule has 3 fully saturated rings. The Morgan fingerprint density at radius 3 is 2.73 bits per heavy atom. The Labute approximate surface area is 179 Å². The Bertz CT molecular complexity index is 704. The fourth-order valence-electron chi connectivity index (χ4n) is 5.22. The average molecular weight is 417 g/mol. The van der Waals surface area contributed by atoms with Crippen molar-refractivity contribution in [2.45, 2.75) is 64.3 Å². The molecule has 7 nitrogen and oxygen atoms in total. The Balaban J connectivity index is 1.36. The quantitative estimate of drug-likeness (QED) is 0.586. The molecule has 0 radical (unpaired) electrons. The molecule has 2 aliphatic heterocycles. The van der Waals surface area contributed by atoms with E-state index >= 15 is 0 Å². The number of hydrogen-bond donors (Lipinski definition) is 1. The zero-order chi connectivity index (χ0) is 20.8. The number of carbonyl (C=O) groups excluding carboxylic acids is 1. The molecule has 1 aliphatic carbocycles. The van der Waals surface area contributed by atoms with E-state index in [1.54, 1.807) is 6.26 Å². The van der Waals surface area contributed by atoms with Crippen LogP contribution in [0.2, 0.25) is 0 Å². The maximum Gasteiger partial charge on any atom is 0.409 e. The van der Waals surface area contributed by atoms with Gasteiger partial charge in [-0.2, -0.15) is 0 Å². The average Bonchev–Trinajstić information content (AvgIpc) is 3.52. The van der Waals surface area contributed by atoms with E-state index in [0.717, 1.165) is 63.7 Å². The molecule has 1 N–H and O–H groups in total. The number of likely N-dealkylation sites (tertiary alicyclic amines) is 2. The minimum atomic E-state index is -0.189. The lowest BCUT2D eigenvalue weighted by atomic mass is 9.86. The van der Waals surface area contributed by atoms with Crippen molar-refractivity contribution < 1.29 is 13.9 Å². The normalized spacial score (nSPS) is 22.1. The number of rotatable bonds is 5. The fraction of sp³-hybridized carbons (Fsp3) is 0.739. The number of nitrogens with one attached hydrogen (secondary N) is 1. The van der Waals surface area contributed by atoms with Crippen LogP contribution in [-0.4, -0.2) is 67.2 Å². The minimum Gasteiger partial charge on any atom is -0.469 e. The number of guanidine groups is 1.